The summed E-state index contributed by atoms with van der Waals surface area (Å²) in [5.41, 5.74) is 0.129. The second kappa shape index (κ2) is 5.98. The molecule has 0 unspecified atom stereocenters. The highest BCUT2D eigenvalue weighted by molar-refractivity contribution is 7.89. The van der Waals surface area contributed by atoms with Gasteiger partial charge in [0.25, 0.3) is 0 Å². The van der Waals surface area contributed by atoms with E-state index in [1.807, 2.05) is 0 Å². The van der Waals surface area contributed by atoms with E-state index in [0.717, 1.165) is 12.8 Å². The standard InChI is InChI=1S/C11H23NO3S/c1-11(6-3-2-4-7-11)10-12-16(14,15)9-5-8-13/h12-13H,2-10H2,1H3. The number of rotatable bonds is 6. The average Bonchev–Trinajstić information content (AvgIpc) is 2.25. The third-order valence-electron chi connectivity index (χ3n) is 3.35. The van der Waals surface area contributed by atoms with Gasteiger partial charge in [0, 0.05) is 13.2 Å². The number of hydrogen-bond acceptors (Lipinski definition) is 3. The van der Waals surface area contributed by atoms with Crippen LogP contribution in [-0.2, 0) is 10.0 Å². The van der Waals surface area contributed by atoms with Crippen LogP contribution in [-0.4, -0.2) is 32.4 Å². The van der Waals surface area contributed by atoms with Crippen LogP contribution in [0.4, 0.5) is 0 Å². The average molecular weight is 249 g/mol. The van der Waals surface area contributed by atoms with Gasteiger partial charge in [-0.05, 0) is 24.7 Å². The van der Waals surface area contributed by atoms with Gasteiger partial charge in [0.1, 0.15) is 0 Å². The Balaban J connectivity index is 2.37. The number of aliphatic hydroxyl groups excluding tert-OH is 1. The Labute approximate surface area is 98.5 Å². The molecular formula is C11H23NO3S. The fourth-order valence-corrected chi connectivity index (χ4v) is 3.41. The molecule has 0 amide bonds. The van der Waals surface area contributed by atoms with Crippen LogP contribution < -0.4 is 4.72 Å². The Morgan fingerprint density at radius 3 is 2.44 bits per heavy atom. The van der Waals surface area contributed by atoms with Crippen LogP contribution in [0.15, 0.2) is 0 Å². The lowest BCUT2D eigenvalue weighted by Crippen LogP contribution is -2.38. The fraction of sp³-hybridized carbons (Fsp3) is 1.00. The molecule has 0 aromatic heterocycles. The molecule has 0 spiro atoms. The fourth-order valence-electron chi connectivity index (χ4n) is 2.19. The van der Waals surface area contributed by atoms with Gasteiger partial charge in [-0.2, -0.15) is 0 Å². The number of aliphatic hydroxyl groups is 1. The molecule has 1 aliphatic carbocycles. The van der Waals surface area contributed by atoms with E-state index in [9.17, 15) is 8.42 Å². The van der Waals surface area contributed by atoms with Gasteiger partial charge in [0.2, 0.25) is 10.0 Å². The highest BCUT2D eigenvalue weighted by Crippen LogP contribution is 2.35. The predicted molar refractivity (Wildman–Crippen MR) is 64.7 cm³/mol. The molecule has 0 aliphatic heterocycles. The van der Waals surface area contributed by atoms with Crippen LogP contribution >= 0.6 is 0 Å². The van der Waals surface area contributed by atoms with E-state index in [4.69, 9.17) is 5.11 Å². The Morgan fingerprint density at radius 2 is 1.88 bits per heavy atom. The lowest BCUT2D eigenvalue weighted by atomic mass is 9.76. The summed E-state index contributed by atoms with van der Waals surface area (Å²) in [6.07, 6.45) is 6.20. The molecule has 1 rings (SSSR count). The van der Waals surface area contributed by atoms with Crippen molar-refractivity contribution in [2.24, 2.45) is 5.41 Å². The van der Waals surface area contributed by atoms with Gasteiger partial charge in [-0.3, -0.25) is 0 Å². The molecule has 0 saturated heterocycles. The van der Waals surface area contributed by atoms with E-state index < -0.39 is 10.0 Å². The van der Waals surface area contributed by atoms with Crippen LogP contribution in [0.25, 0.3) is 0 Å². The summed E-state index contributed by atoms with van der Waals surface area (Å²) in [5, 5.41) is 8.60. The van der Waals surface area contributed by atoms with E-state index in [0.29, 0.717) is 13.0 Å². The van der Waals surface area contributed by atoms with Gasteiger partial charge < -0.3 is 5.11 Å². The minimum absolute atomic E-state index is 0.0274. The van der Waals surface area contributed by atoms with E-state index in [1.165, 1.54) is 19.3 Å². The van der Waals surface area contributed by atoms with Crippen LogP contribution in [0.5, 0.6) is 0 Å². The van der Waals surface area contributed by atoms with Crippen LogP contribution in [0, 0.1) is 5.41 Å². The SMILES string of the molecule is CC1(CNS(=O)(=O)CCCO)CCCCC1. The zero-order valence-electron chi connectivity index (χ0n) is 10.0. The quantitative estimate of drug-likeness (QED) is 0.744. The van der Waals surface area contributed by atoms with Crippen molar-refractivity contribution in [3.63, 3.8) is 0 Å². The summed E-state index contributed by atoms with van der Waals surface area (Å²) in [4.78, 5) is 0. The van der Waals surface area contributed by atoms with E-state index in [1.54, 1.807) is 0 Å². The van der Waals surface area contributed by atoms with Crippen LogP contribution in [0.3, 0.4) is 0 Å². The third kappa shape index (κ3) is 4.80. The highest BCUT2D eigenvalue weighted by Gasteiger charge is 2.28. The molecule has 0 radical (unpaired) electrons. The maximum atomic E-state index is 11.6. The maximum absolute atomic E-state index is 11.6. The molecule has 2 N–H and O–H groups in total. The van der Waals surface area contributed by atoms with Crippen molar-refractivity contribution in [2.45, 2.75) is 45.4 Å². The van der Waals surface area contributed by atoms with Crippen molar-refractivity contribution in [3.8, 4) is 0 Å². The molecule has 96 valence electrons. The highest BCUT2D eigenvalue weighted by atomic mass is 32.2. The van der Waals surface area contributed by atoms with Crippen molar-refractivity contribution in [1.82, 2.24) is 4.72 Å². The summed E-state index contributed by atoms with van der Waals surface area (Å²) in [6.45, 7) is 2.62. The van der Waals surface area contributed by atoms with Gasteiger partial charge in [0.05, 0.1) is 5.75 Å². The van der Waals surface area contributed by atoms with Gasteiger partial charge in [-0.15, -0.1) is 0 Å². The number of hydrogen-bond donors (Lipinski definition) is 2. The second-order valence-corrected chi connectivity index (χ2v) is 7.01. The number of sulfonamides is 1. The molecule has 1 aliphatic rings. The van der Waals surface area contributed by atoms with Gasteiger partial charge in [-0.1, -0.05) is 26.2 Å². The second-order valence-electron chi connectivity index (χ2n) is 5.09. The van der Waals surface area contributed by atoms with Crippen molar-refractivity contribution in [2.75, 3.05) is 18.9 Å². The predicted octanol–water partition coefficient (Wildman–Crippen LogP) is 1.26. The number of nitrogens with one attached hydrogen (secondary N) is 1. The molecule has 4 nitrogen and oxygen atoms in total. The molecule has 5 heteroatoms. The zero-order valence-corrected chi connectivity index (χ0v) is 10.9. The van der Waals surface area contributed by atoms with Gasteiger partial charge in [-0.25, -0.2) is 13.1 Å². The molecule has 1 fully saturated rings. The third-order valence-corrected chi connectivity index (χ3v) is 4.76. The van der Waals surface area contributed by atoms with Crippen molar-refractivity contribution < 1.29 is 13.5 Å². The van der Waals surface area contributed by atoms with Gasteiger partial charge in [0.15, 0.2) is 0 Å². The van der Waals surface area contributed by atoms with Gasteiger partial charge >= 0.3 is 0 Å². The first kappa shape index (κ1) is 13.9. The normalized spacial score (nSPS) is 20.9. The first-order valence-corrected chi connectivity index (χ1v) is 7.71. The van der Waals surface area contributed by atoms with Crippen LogP contribution in [0.2, 0.25) is 0 Å². The monoisotopic (exact) mass is 249 g/mol. The molecule has 0 heterocycles. The first-order chi connectivity index (χ1) is 7.47. The molecule has 0 bridgehead atoms. The largest absolute Gasteiger partial charge is 0.396 e. The van der Waals surface area contributed by atoms with Crippen molar-refractivity contribution >= 4 is 10.0 Å². The van der Waals surface area contributed by atoms with E-state index in [2.05, 4.69) is 11.6 Å². The Bertz CT molecular complexity index is 294. The summed E-state index contributed by atoms with van der Waals surface area (Å²) in [6, 6.07) is 0. The first-order valence-electron chi connectivity index (χ1n) is 6.06. The minimum atomic E-state index is -3.19. The Morgan fingerprint density at radius 1 is 1.25 bits per heavy atom. The molecule has 0 aromatic carbocycles. The molecular weight excluding hydrogens is 226 g/mol. The zero-order chi connectivity index (χ0) is 12.1. The summed E-state index contributed by atoms with van der Waals surface area (Å²) >= 11 is 0. The maximum Gasteiger partial charge on any atom is 0.211 e. The van der Waals surface area contributed by atoms with E-state index >= 15 is 0 Å². The van der Waals surface area contributed by atoms with Crippen LogP contribution in [0.1, 0.15) is 45.4 Å². The van der Waals surface area contributed by atoms with Crippen molar-refractivity contribution in [3.05, 3.63) is 0 Å². The molecule has 1 saturated carbocycles. The lowest BCUT2D eigenvalue weighted by molar-refractivity contribution is 0.219. The smallest absolute Gasteiger partial charge is 0.211 e. The van der Waals surface area contributed by atoms with Crippen molar-refractivity contribution in [1.29, 1.82) is 0 Å². The molecule has 16 heavy (non-hydrogen) atoms. The lowest BCUT2D eigenvalue weighted by Gasteiger charge is -2.33. The van der Waals surface area contributed by atoms with E-state index in [-0.39, 0.29) is 17.8 Å². The molecule has 0 aromatic rings. The topological polar surface area (TPSA) is 66.4 Å². The molecule has 0 atom stereocenters. The summed E-state index contributed by atoms with van der Waals surface area (Å²) in [5.74, 6) is 0.0274. The summed E-state index contributed by atoms with van der Waals surface area (Å²) in [7, 11) is -3.19. The Kier molecular flexibility index (Phi) is 5.21. The minimum Gasteiger partial charge on any atom is -0.396 e. The summed E-state index contributed by atoms with van der Waals surface area (Å²) < 4.78 is 25.8. The Hall–Kier alpha value is -0.130.